The molecule has 0 bridgehead atoms. The standard InChI is InChI=1S/C39H71N3/c1-6-10-34-16-19-42(27-32(34)7-2)37-21-31(22-37)11-8-12-33-15-18-41(25-28(33)3)38-23-35(24-38)30(5)39-17-20-40(26-29(39)4)36-13-9-14-36/h28-39H,6-27H2,1-5H3/t28-,29-,30?,31?,32-,33+,34-,35?,37?,38?,39-/m0/s1. The van der Waals surface area contributed by atoms with Crippen molar-refractivity contribution in [1.82, 2.24) is 14.7 Å². The van der Waals surface area contributed by atoms with Crippen LogP contribution in [0.25, 0.3) is 0 Å². The topological polar surface area (TPSA) is 9.72 Å². The molecule has 6 aliphatic rings. The van der Waals surface area contributed by atoms with Gasteiger partial charge in [-0.15, -0.1) is 0 Å². The lowest BCUT2D eigenvalue weighted by Gasteiger charge is -2.52. The molecular formula is C39H71N3. The third-order valence-electron chi connectivity index (χ3n) is 14.8. The quantitative estimate of drug-likeness (QED) is 0.228. The average molecular weight is 582 g/mol. The highest BCUT2D eigenvalue weighted by atomic mass is 15.2. The number of nitrogens with zero attached hydrogens (tertiary/aromatic N) is 3. The molecule has 242 valence electrons. The molecule has 0 aromatic rings. The average Bonchev–Trinajstić information content (AvgIpc) is 2.89. The van der Waals surface area contributed by atoms with E-state index in [1.54, 1.807) is 0 Å². The van der Waals surface area contributed by atoms with Gasteiger partial charge in [-0.3, -0.25) is 0 Å². The Kier molecular flexibility index (Phi) is 11.0. The molecule has 0 amide bonds. The summed E-state index contributed by atoms with van der Waals surface area (Å²) in [5.74, 6) is 8.79. The largest absolute Gasteiger partial charge is 0.300 e. The molecule has 0 spiro atoms. The predicted octanol–water partition coefficient (Wildman–Crippen LogP) is 8.97. The van der Waals surface area contributed by atoms with Gasteiger partial charge >= 0.3 is 0 Å². The van der Waals surface area contributed by atoms with E-state index in [1.807, 2.05) is 0 Å². The van der Waals surface area contributed by atoms with E-state index in [0.29, 0.717) is 0 Å². The molecule has 1 unspecified atom stereocenters. The van der Waals surface area contributed by atoms with E-state index in [-0.39, 0.29) is 0 Å². The summed E-state index contributed by atoms with van der Waals surface area (Å²) in [6, 6.07) is 2.80. The summed E-state index contributed by atoms with van der Waals surface area (Å²) in [5.41, 5.74) is 0. The molecular weight excluding hydrogens is 510 g/mol. The Bertz CT molecular complexity index is 812. The second-order valence-electron chi connectivity index (χ2n) is 17.2. The maximum atomic E-state index is 2.94. The van der Waals surface area contributed by atoms with Crippen molar-refractivity contribution < 1.29 is 0 Å². The normalized spacial score (nSPS) is 43.4. The van der Waals surface area contributed by atoms with Crippen LogP contribution in [0.5, 0.6) is 0 Å². The van der Waals surface area contributed by atoms with Crippen LogP contribution in [0, 0.1) is 53.3 Å². The zero-order valence-electron chi connectivity index (χ0n) is 28.8. The van der Waals surface area contributed by atoms with Crippen molar-refractivity contribution in [3.05, 3.63) is 0 Å². The van der Waals surface area contributed by atoms with Gasteiger partial charge in [-0.2, -0.15) is 0 Å². The van der Waals surface area contributed by atoms with Gasteiger partial charge in [-0.1, -0.05) is 79.6 Å². The SMILES string of the molecule is CCC[C@H]1CCN(C2CC(CCC[C@@H]3CCN(C4CC(C(C)[C@H]5CCN(C6CCC6)C[C@@H]5C)C4)C[C@@H]3C)C2)C[C@@H]1CC. The van der Waals surface area contributed by atoms with Crippen molar-refractivity contribution in [2.45, 2.75) is 155 Å². The van der Waals surface area contributed by atoms with Crippen molar-refractivity contribution in [3.8, 4) is 0 Å². The van der Waals surface area contributed by atoms with Gasteiger partial charge in [-0.05, 0) is 131 Å². The van der Waals surface area contributed by atoms with Crippen molar-refractivity contribution >= 4 is 0 Å². The van der Waals surface area contributed by atoms with Crippen molar-refractivity contribution in [3.63, 3.8) is 0 Å². The van der Waals surface area contributed by atoms with Gasteiger partial charge < -0.3 is 14.7 Å². The van der Waals surface area contributed by atoms with Crippen molar-refractivity contribution in [1.29, 1.82) is 0 Å². The fourth-order valence-corrected chi connectivity index (χ4v) is 11.3. The van der Waals surface area contributed by atoms with Gasteiger partial charge in [0.2, 0.25) is 0 Å². The number of rotatable bonds is 12. The molecule has 3 saturated carbocycles. The van der Waals surface area contributed by atoms with Crippen LogP contribution >= 0.6 is 0 Å². The summed E-state index contributed by atoms with van der Waals surface area (Å²) in [6.07, 6.45) is 23.7. The molecule has 3 heteroatoms. The zero-order chi connectivity index (χ0) is 29.2. The van der Waals surface area contributed by atoms with Gasteiger partial charge in [0.05, 0.1) is 0 Å². The van der Waals surface area contributed by atoms with Gasteiger partial charge in [0, 0.05) is 37.8 Å². The van der Waals surface area contributed by atoms with Crippen molar-refractivity contribution in [2.75, 3.05) is 39.3 Å². The fourth-order valence-electron chi connectivity index (χ4n) is 11.3. The van der Waals surface area contributed by atoms with E-state index in [4.69, 9.17) is 0 Å². The van der Waals surface area contributed by atoms with Crippen LogP contribution in [0.1, 0.15) is 137 Å². The first kappa shape index (κ1) is 31.8. The predicted molar refractivity (Wildman–Crippen MR) is 180 cm³/mol. The second-order valence-corrected chi connectivity index (χ2v) is 17.2. The number of piperidine rings is 3. The maximum absolute atomic E-state index is 2.94. The van der Waals surface area contributed by atoms with Crippen LogP contribution in [0.3, 0.4) is 0 Å². The molecule has 3 heterocycles. The van der Waals surface area contributed by atoms with E-state index in [2.05, 4.69) is 49.3 Å². The molecule has 3 saturated heterocycles. The van der Waals surface area contributed by atoms with Crippen LogP contribution in [0.4, 0.5) is 0 Å². The molecule has 0 aromatic carbocycles. The molecule has 6 fully saturated rings. The molecule has 7 atom stereocenters. The monoisotopic (exact) mass is 582 g/mol. The summed E-state index contributed by atoms with van der Waals surface area (Å²) in [7, 11) is 0. The third-order valence-corrected chi connectivity index (χ3v) is 14.8. The van der Waals surface area contributed by atoms with Crippen LogP contribution < -0.4 is 0 Å². The molecule has 6 rings (SSSR count). The van der Waals surface area contributed by atoms with Crippen molar-refractivity contribution in [2.24, 2.45) is 53.3 Å². The summed E-state index contributed by atoms with van der Waals surface area (Å²) >= 11 is 0. The molecule has 3 aliphatic carbocycles. The number of hydrogen-bond acceptors (Lipinski definition) is 3. The molecule has 3 aliphatic heterocycles. The Labute approximate surface area is 262 Å². The van der Waals surface area contributed by atoms with Crippen LogP contribution in [-0.4, -0.2) is 72.1 Å². The second kappa shape index (κ2) is 14.5. The first-order valence-corrected chi connectivity index (χ1v) is 19.6. The van der Waals surface area contributed by atoms with Crippen LogP contribution in [0.15, 0.2) is 0 Å². The molecule has 42 heavy (non-hydrogen) atoms. The Morgan fingerprint density at radius 2 is 1.26 bits per heavy atom. The lowest BCUT2D eigenvalue weighted by molar-refractivity contribution is -0.0270. The Hall–Kier alpha value is -0.120. The van der Waals surface area contributed by atoms with Gasteiger partial charge in [-0.25, -0.2) is 0 Å². The van der Waals surface area contributed by atoms with E-state index < -0.39 is 0 Å². The summed E-state index contributed by atoms with van der Waals surface area (Å²) < 4.78 is 0. The Morgan fingerprint density at radius 1 is 0.619 bits per heavy atom. The molecule has 0 radical (unpaired) electrons. The minimum Gasteiger partial charge on any atom is -0.300 e. The molecule has 0 N–H and O–H groups in total. The lowest BCUT2D eigenvalue weighted by atomic mass is 9.64. The minimum atomic E-state index is 0.909. The van der Waals surface area contributed by atoms with E-state index in [9.17, 15) is 0 Å². The fraction of sp³-hybridized carbons (Fsp3) is 1.00. The Balaban J connectivity index is 0.837. The van der Waals surface area contributed by atoms with Gasteiger partial charge in [0.15, 0.2) is 0 Å². The smallest absolute Gasteiger partial charge is 0.0101 e. The summed E-state index contributed by atoms with van der Waals surface area (Å²) in [5, 5.41) is 0. The Morgan fingerprint density at radius 3 is 1.90 bits per heavy atom. The summed E-state index contributed by atoms with van der Waals surface area (Å²) in [6.45, 7) is 21.0. The lowest BCUT2D eigenvalue weighted by Crippen LogP contribution is -2.54. The van der Waals surface area contributed by atoms with E-state index in [1.165, 1.54) is 142 Å². The third kappa shape index (κ3) is 7.14. The number of hydrogen-bond donors (Lipinski definition) is 0. The van der Waals surface area contributed by atoms with E-state index >= 15 is 0 Å². The first-order valence-electron chi connectivity index (χ1n) is 19.6. The van der Waals surface area contributed by atoms with Crippen LogP contribution in [-0.2, 0) is 0 Å². The van der Waals surface area contributed by atoms with Gasteiger partial charge in [0.1, 0.15) is 0 Å². The highest BCUT2D eigenvalue weighted by molar-refractivity contribution is 4.97. The number of likely N-dealkylation sites (tertiary alicyclic amines) is 3. The van der Waals surface area contributed by atoms with Crippen LogP contribution in [0.2, 0.25) is 0 Å². The highest BCUT2D eigenvalue weighted by Crippen LogP contribution is 2.46. The van der Waals surface area contributed by atoms with Gasteiger partial charge in [0.25, 0.3) is 0 Å². The molecule has 0 aromatic heterocycles. The first-order chi connectivity index (χ1) is 20.4. The van der Waals surface area contributed by atoms with E-state index in [0.717, 1.165) is 71.4 Å². The molecule has 3 nitrogen and oxygen atoms in total. The maximum Gasteiger partial charge on any atom is 0.0101 e. The highest BCUT2D eigenvalue weighted by Gasteiger charge is 2.44. The zero-order valence-corrected chi connectivity index (χ0v) is 28.8. The summed E-state index contributed by atoms with van der Waals surface area (Å²) in [4.78, 5) is 8.71. The minimum absolute atomic E-state index is 0.909.